The van der Waals surface area contributed by atoms with E-state index in [0.717, 1.165) is 58.7 Å². The number of methoxy groups -OCH3 is 1. The standard InChI is InChI=1S/C13H25NO4/c1-17-8-2-9-18-10-7-14-5-3-12(4-6-14)11-13(15)16/h12H,2-11H2,1H3,(H,15,16). The van der Waals surface area contributed by atoms with Crippen molar-refractivity contribution in [1.29, 1.82) is 0 Å². The highest BCUT2D eigenvalue weighted by Gasteiger charge is 2.20. The summed E-state index contributed by atoms with van der Waals surface area (Å²) < 4.78 is 10.5. The van der Waals surface area contributed by atoms with E-state index in [1.807, 2.05) is 0 Å². The maximum Gasteiger partial charge on any atom is 0.303 e. The molecule has 0 spiro atoms. The fraction of sp³-hybridized carbons (Fsp3) is 0.923. The lowest BCUT2D eigenvalue weighted by Gasteiger charge is -2.31. The van der Waals surface area contributed by atoms with Gasteiger partial charge < -0.3 is 19.5 Å². The van der Waals surface area contributed by atoms with Crippen LogP contribution < -0.4 is 0 Å². The second kappa shape index (κ2) is 9.30. The minimum atomic E-state index is -0.671. The summed E-state index contributed by atoms with van der Waals surface area (Å²) in [4.78, 5) is 13.0. The lowest BCUT2D eigenvalue weighted by Crippen LogP contribution is -2.36. The Labute approximate surface area is 109 Å². The predicted molar refractivity (Wildman–Crippen MR) is 68.7 cm³/mol. The van der Waals surface area contributed by atoms with E-state index in [1.165, 1.54) is 0 Å². The van der Waals surface area contributed by atoms with Gasteiger partial charge in [-0.05, 0) is 38.3 Å². The van der Waals surface area contributed by atoms with Crippen LogP contribution in [-0.4, -0.2) is 62.5 Å². The Morgan fingerprint density at radius 1 is 1.28 bits per heavy atom. The Hall–Kier alpha value is -0.650. The summed E-state index contributed by atoms with van der Waals surface area (Å²) in [6, 6.07) is 0. The summed E-state index contributed by atoms with van der Waals surface area (Å²) in [5.41, 5.74) is 0. The summed E-state index contributed by atoms with van der Waals surface area (Å²) in [5.74, 6) is -0.309. The number of hydrogen-bond donors (Lipinski definition) is 1. The number of likely N-dealkylation sites (tertiary alicyclic amines) is 1. The molecule has 0 amide bonds. The van der Waals surface area contributed by atoms with Crippen molar-refractivity contribution < 1.29 is 19.4 Å². The molecule has 0 aromatic rings. The average Bonchev–Trinajstić information content (AvgIpc) is 2.35. The number of piperidine rings is 1. The number of nitrogens with zero attached hydrogens (tertiary/aromatic N) is 1. The Morgan fingerprint density at radius 2 is 2.00 bits per heavy atom. The maximum atomic E-state index is 10.6. The number of aliphatic carboxylic acids is 1. The first-order valence-electron chi connectivity index (χ1n) is 6.73. The SMILES string of the molecule is COCCCOCCN1CCC(CC(=O)O)CC1. The summed E-state index contributed by atoms with van der Waals surface area (Å²) in [5, 5.41) is 8.73. The Kier molecular flexibility index (Phi) is 7.96. The lowest BCUT2D eigenvalue weighted by atomic mass is 9.94. The molecule has 0 bridgehead atoms. The van der Waals surface area contributed by atoms with Crippen LogP contribution in [0.4, 0.5) is 0 Å². The molecule has 0 aromatic carbocycles. The van der Waals surface area contributed by atoms with E-state index >= 15 is 0 Å². The molecule has 1 rings (SSSR count). The van der Waals surface area contributed by atoms with Crippen LogP contribution in [0.2, 0.25) is 0 Å². The number of carboxylic acids is 1. The van der Waals surface area contributed by atoms with Gasteiger partial charge in [-0.15, -0.1) is 0 Å². The van der Waals surface area contributed by atoms with Gasteiger partial charge in [-0.2, -0.15) is 0 Å². The molecule has 1 saturated heterocycles. The molecule has 106 valence electrons. The third-order valence-corrected chi connectivity index (χ3v) is 3.36. The van der Waals surface area contributed by atoms with Gasteiger partial charge in [-0.1, -0.05) is 0 Å². The molecule has 1 aliphatic heterocycles. The van der Waals surface area contributed by atoms with Gasteiger partial charge in [-0.3, -0.25) is 4.79 Å². The monoisotopic (exact) mass is 259 g/mol. The van der Waals surface area contributed by atoms with Crippen LogP contribution in [0.15, 0.2) is 0 Å². The van der Waals surface area contributed by atoms with Crippen molar-refractivity contribution in [2.24, 2.45) is 5.92 Å². The van der Waals surface area contributed by atoms with Crippen molar-refractivity contribution >= 4 is 5.97 Å². The Morgan fingerprint density at radius 3 is 2.61 bits per heavy atom. The third kappa shape index (κ3) is 6.93. The molecule has 18 heavy (non-hydrogen) atoms. The third-order valence-electron chi connectivity index (χ3n) is 3.36. The quantitative estimate of drug-likeness (QED) is 0.631. The van der Waals surface area contributed by atoms with Gasteiger partial charge in [0, 0.05) is 33.3 Å². The van der Waals surface area contributed by atoms with Crippen molar-refractivity contribution in [2.45, 2.75) is 25.7 Å². The highest BCUT2D eigenvalue weighted by molar-refractivity contribution is 5.67. The minimum Gasteiger partial charge on any atom is -0.481 e. The Bertz CT molecular complexity index is 227. The van der Waals surface area contributed by atoms with E-state index in [1.54, 1.807) is 7.11 Å². The highest BCUT2D eigenvalue weighted by atomic mass is 16.5. The molecule has 1 aliphatic rings. The molecular weight excluding hydrogens is 234 g/mol. The van der Waals surface area contributed by atoms with Crippen LogP contribution in [-0.2, 0) is 14.3 Å². The Balaban J connectivity index is 1.97. The zero-order valence-electron chi connectivity index (χ0n) is 11.3. The molecule has 0 unspecified atom stereocenters. The molecule has 0 aromatic heterocycles. The fourth-order valence-electron chi connectivity index (χ4n) is 2.26. The van der Waals surface area contributed by atoms with Gasteiger partial charge in [0.2, 0.25) is 0 Å². The molecule has 0 aliphatic carbocycles. The maximum absolute atomic E-state index is 10.6. The number of rotatable bonds is 9. The van der Waals surface area contributed by atoms with Gasteiger partial charge >= 0.3 is 5.97 Å². The van der Waals surface area contributed by atoms with Gasteiger partial charge in [-0.25, -0.2) is 0 Å². The average molecular weight is 259 g/mol. The molecular formula is C13H25NO4. The van der Waals surface area contributed by atoms with E-state index < -0.39 is 5.97 Å². The molecule has 1 N–H and O–H groups in total. The van der Waals surface area contributed by atoms with Gasteiger partial charge in [0.1, 0.15) is 0 Å². The summed E-state index contributed by atoms with van der Waals surface area (Å²) >= 11 is 0. The fourth-order valence-corrected chi connectivity index (χ4v) is 2.26. The first-order chi connectivity index (χ1) is 8.72. The van der Waals surface area contributed by atoms with Crippen LogP contribution in [0.5, 0.6) is 0 Å². The minimum absolute atomic E-state index is 0.321. The molecule has 5 nitrogen and oxygen atoms in total. The molecule has 1 fully saturated rings. The van der Waals surface area contributed by atoms with Crippen LogP contribution in [0.1, 0.15) is 25.7 Å². The van der Waals surface area contributed by atoms with E-state index in [2.05, 4.69) is 4.90 Å². The number of carboxylic acid groups (broad SMARTS) is 1. The summed E-state index contributed by atoms with van der Waals surface area (Å²) in [6.07, 6.45) is 3.25. The van der Waals surface area contributed by atoms with Crippen LogP contribution >= 0.6 is 0 Å². The smallest absolute Gasteiger partial charge is 0.303 e. The second-order valence-corrected chi connectivity index (χ2v) is 4.84. The van der Waals surface area contributed by atoms with Gasteiger partial charge in [0.05, 0.1) is 6.61 Å². The van der Waals surface area contributed by atoms with Crippen LogP contribution in [0.3, 0.4) is 0 Å². The molecule has 5 heteroatoms. The summed E-state index contributed by atoms with van der Waals surface area (Å²) in [7, 11) is 1.70. The zero-order chi connectivity index (χ0) is 13.2. The number of hydrogen-bond acceptors (Lipinski definition) is 4. The highest BCUT2D eigenvalue weighted by Crippen LogP contribution is 2.19. The lowest BCUT2D eigenvalue weighted by molar-refractivity contribution is -0.138. The van der Waals surface area contributed by atoms with Crippen molar-refractivity contribution in [3.05, 3.63) is 0 Å². The van der Waals surface area contributed by atoms with Crippen LogP contribution in [0.25, 0.3) is 0 Å². The number of ether oxygens (including phenoxy) is 2. The topological polar surface area (TPSA) is 59.0 Å². The molecule has 0 saturated carbocycles. The van der Waals surface area contributed by atoms with Crippen molar-refractivity contribution in [3.63, 3.8) is 0 Å². The van der Waals surface area contributed by atoms with E-state index in [9.17, 15) is 4.79 Å². The predicted octanol–water partition coefficient (Wildman–Crippen LogP) is 1.23. The normalized spacial score (nSPS) is 18.1. The van der Waals surface area contributed by atoms with E-state index in [0.29, 0.717) is 12.3 Å². The summed E-state index contributed by atoms with van der Waals surface area (Å²) in [6.45, 7) is 5.21. The largest absolute Gasteiger partial charge is 0.481 e. The second-order valence-electron chi connectivity index (χ2n) is 4.84. The van der Waals surface area contributed by atoms with E-state index in [4.69, 9.17) is 14.6 Å². The molecule has 1 heterocycles. The van der Waals surface area contributed by atoms with Gasteiger partial charge in [0.15, 0.2) is 0 Å². The molecule has 0 radical (unpaired) electrons. The first kappa shape index (κ1) is 15.4. The van der Waals surface area contributed by atoms with E-state index in [-0.39, 0.29) is 0 Å². The van der Waals surface area contributed by atoms with Crippen molar-refractivity contribution in [3.8, 4) is 0 Å². The first-order valence-corrected chi connectivity index (χ1v) is 6.73. The van der Waals surface area contributed by atoms with Crippen molar-refractivity contribution in [2.75, 3.05) is 46.6 Å². The van der Waals surface area contributed by atoms with Gasteiger partial charge in [0.25, 0.3) is 0 Å². The molecule has 0 atom stereocenters. The number of carbonyl (C=O) groups is 1. The van der Waals surface area contributed by atoms with Crippen LogP contribution in [0, 0.1) is 5.92 Å². The van der Waals surface area contributed by atoms with Crippen molar-refractivity contribution in [1.82, 2.24) is 4.90 Å². The zero-order valence-corrected chi connectivity index (χ0v) is 11.3.